The molecule has 1 aromatic carbocycles. The zero-order valence-electron chi connectivity index (χ0n) is 19.4. The Balaban J connectivity index is 1.94. The van der Waals surface area contributed by atoms with Crippen molar-refractivity contribution < 1.29 is 13.2 Å². The van der Waals surface area contributed by atoms with Gasteiger partial charge in [-0.25, -0.2) is 37.3 Å². The van der Waals surface area contributed by atoms with Crippen molar-refractivity contribution in [2.75, 3.05) is 7.05 Å². The molecule has 0 atom stereocenters. The Kier molecular flexibility index (Phi) is 7.11. The quantitative estimate of drug-likeness (QED) is 0.406. The third-order valence-corrected chi connectivity index (χ3v) is 5.49. The van der Waals surface area contributed by atoms with Gasteiger partial charge in [0.05, 0.1) is 29.5 Å². The van der Waals surface area contributed by atoms with Gasteiger partial charge in [0.2, 0.25) is 5.62 Å². The lowest BCUT2D eigenvalue weighted by Crippen LogP contribution is -2.50. The van der Waals surface area contributed by atoms with Gasteiger partial charge in [0.15, 0.2) is 17.5 Å². The lowest BCUT2D eigenvalue weighted by molar-refractivity contribution is 0.481. The summed E-state index contributed by atoms with van der Waals surface area (Å²) in [4.78, 5) is 37.0. The number of rotatable bonds is 6. The number of aromatic nitrogens is 6. The first-order chi connectivity index (χ1) is 17.6. The summed E-state index contributed by atoms with van der Waals surface area (Å²) in [6, 6.07) is 0.965. The fraction of sp³-hybridized carbons (Fsp3) is 0.182. The Morgan fingerprint density at radius 1 is 1.14 bits per heavy atom. The molecule has 2 heterocycles. The minimum atomic E-state index is -1.40. The van der Waals surface area contributed by atoms with E-state index < -0.39 is 35.4 Å². The molecule has 0 amide bonds. The smallest absolute Gasteiger partial charge is 0.335 e. The highest BCUT2D eigenvalue weighted by molar-refractivity contribution is 6.35. The summed E-state index contributed by atoms with van der Waals surface area (Å²) < 4.78 is 44.8. The minimum absolute atomic E-state index is 0.0338. The lowest BCUT2D eigenvalue weighted by atomic mass is 10.0. The maximum absolute atomic E-state index is 14.5. The number of H-pyrrole nitrogens is 1. The van der Waals surface area contributed by atoms with E-state index in [1.807, 2.05) is 0 Å². The summed E-state index contributed by atoms with van der Waals surface area (Å²) in [6.45, 7) is -0.943. The number of hydrogen-bond donors (Lipinski definition) is 3. The molecule has 1 aliphatic carbocycles. The highest BCUT2D eigenvalue weighted by Gasteiger charge is 2.18. The largest absolute Gasteiger partial charge is 0.393 e. The average Bonchev–Trinajstić information content (AvgIpc) is 3.25. The van der Waals surface area contributed by atoms with Crippen molar-refractivity contribution in [1.29, 1.82) is 5.41 Å². The summed E-state index contributed by atoms with van der Waals surface area (Å²) in [5, 5.41) is 14.9. The van der Waals surface area contributed by atoms with Crippen molar-refractivity contribution in [3.8, 4) is 0 Å². The van der Waals surface area contributed by atoms with Crippen LogP contribution in [0.5, 0.6) is 0 Å². The van der Waals surface area contributed by atoms with Crippen LogP contribution < -0.4 is 22.3 Å². The van der Waals surface area contributed by atoms with Crippen molar-refractivity contribution in [3.63, 3.8) is 0 Å². The second-order valence-electron chi connectivity index (χ2n) is 7.84. The molecule has 15 heteroatoms. The molecule has 0 bridgehead atoms. The van der Waals surface area contributed by atoms with Crippen molar-refractivity contribution in [3.05, 3.63) is 109 Å². The zero-order valence-corrected chi connectivity index (χ0v) is 20.1. The Labute approximate surface area is 211 Å². The molecule has 0 spiro atoms. The van der Waals surface area contributed by atoms with Gasteiger partial charge in [-0.1, -0.05) is 11.6 Å². The summed E-state index contributed by atoms with van der Waals surface area (Å²) >= 11 is 6.25. The van der Waals surface area contributed by atoms with Gasteiger partial charge < -0.3 is 10.7 Å². The Hall–Kier alpha value is -4.46. The van der Waals surface area contributed by atoms with Gasteiger partial charge in [0, 0.05) is 37.5 Å². The number of benzene rings is 1. The lowest BCUT2D eigenvalue weighted by Gasteiger charge is -2.13. The average molecular weight is 534 g/mol. The molecule has 2 aromatic heterocycles. The van der Waals surface area contributed by atoms with Gasteiger partial charge in [0.1, 0.15) is 12.1 Å². The molecular weight excluding hydrogens is 515 g/mol. The van der Waals surface area contributed by atoms with Crippen LogP contribution in [-0.2, 0) is 20.1 Å². The van der Waals surface area contributed by atoms with E-state index in [0.717, 1.165) is 9.13 Å². The van der Waals surface area contributed by atoms with Crippen molar-refractivity contribution in [2.24, 2.45) is 12.0 Å². The van der Waals surface area contributed by atoms with Crippen LogP contribution in [-0.4, -0.2) is 41.6 Å². The molecule has 3 N–H and O–H groups in total. The summed E-state index contributed by atoms with van der Waals surface area (Å²) in [7, 11) is 3.23. The highest BCUT2D eigenvalue weighted by atomic mass is 35.5. The maximum Gasteiger partial charge on any atom is 0.335 e. The maximum atomic E-state index is 14.5. The van der Waals surface area contributed by atoms with Crippen LogP contribution in [0, 0.1) is 22.9 Å². The standard InChI is InChI=1S/C22H19ClF3N9O2/c1-28-7-11-4-18(13(23)5-17(11)27)30-20-31-21(36)35(9-19-29-10-33(2)32-19)22(37)34(20)8-12-3-15(25)16(26)6-14(12)24/h3-7,10,27-28H,8-9H2,1-2H3,(H,30,31,36)/b11-7-,27-17?. The number of aromatic amines is 1. The van der Waals surface area contributed by atoms with Crippen molar-refractivity contribution in [1.82, 2.24) is 34.2 Å². The monoisotopic (exact) mass is 533 g/mol. The predicted octanol–water partition coefficient (Wildman–Crippen LogP) is 1.02. The Morgan fingerprint density at radius 3 is 2.54 bits per heavy atom. The molecule has 11 nitrogen and oxygen atoms in total. The van der Waals surface area contributed by atoms with Gasteiger partial charge in [-0.2, -0.15) is 5.10 Å². The fourth-order valence-corrected chi connectivity index (χ4v) is 3.64. The summed E-state index contributed by atoms with van der Waals surface area (Å²) in [6.07, 6.45) is 5.64. The van der Waals surface area contributed by atoms with E-state index in [4.69, 9.17) is 17.0 Å². The Bertz CT molecular complexity index is 1690. The Morgan fingerprint density at radius 2 is 1.86 bits per heavy atom. The SMILES string of the molecule is CN/C=C1C=C(/N=c2\[nH]c(=O)n(Cc3ncn(C)n3)c(=O)n2Cc2cc(F)c(F)cc2F)C(Cl)=CC/1=N. The molecule has 0 unspecified atom stereocenters. The number of halogens is 4. The van der Waals surface area contributed by atoms with Crippen LogP contribution in [0.2, 0.25) is 0 Å². The van der Waals surface area contributed by atoms with Gasteiger partial charge in [-0.15, -0.1) is 0 Å². The summed E-state index contributed by atoms with van der Waals surface area (Å²) in [5.74, 6) is -3.68. The van der Waals surface area contributed by atoms with Crippen LogP contribution in [0.4, 0.5) is 13.2 Å². The molecule has 1 aliphatic rings. The van der Waals surface area contributed by atoms with E-state index in [2.05, 4.69) is 25.4 Å². The molecule has 3 aromatic rings. The van der Waals surface area contributed by atoms with E-state index in [0.29, 0.717) is 17.7 Å². The van der Waals surface area contributed by atoms with E-state index in [1.165, 1.54) is 29.4 Å². The minimum Gasteiger partial charge on any atom is -0.393 e. The van der Waals surface area contributed by atoms with E-state index >= 15 is 0 Å². The van der Waals surface area contributed by atoms with Gasteiger partial charge in [-0.05, 0) is 18.2 Å². The molecule has 37 heavy (non-hydrogen) atoms. The molecule has 0 fully saturated rings. The molecule has 0 saturated heterocycles. The third kappa shape index (κ3) is 5.38. The topological polar surface area (TPSA) is 139 Å². The first kappa shape index (κ1) is 25.6. The van der Waals surface area contributed by atoms with Crippen LogP contribution in [0.25, 0.3) is 0 Å². The number of hydrogen-bond acceptors (Lipinski definition) is 7. The summed E-state index contributed by atoms with van der Waals surface area (Å²) in [5.41, 5.74) is -1.98. The van der Waals surface area contributed by atoms with E-state index in [1.54, 1.807) is 14.1 Å². The number of nitrogens with one attached hydrogen (secondary N) is 3. The number of nitrogens with zero attached hydrogens (tertiary/aromatic N) is 6. The zero-order chi connectivity index (χ0) is 26.9. The molecule has 192 valence electrons. The van der Waals surface area contributed by atoms with Crippen LogP contribution in [0.15, 0.2) is 67.7 Å². The van der Waals surface area contributed by atoms with E-state index in [9.17, 15) is 22.8 Å². The van der Waals surface area contributed by atoms with Gasteiger partial charge >= 0.3 is 11.4 Å². The molecule has 4 rings (SSSR count). The normalized spacial score (nSPS) is 15.2. The molecule has 0 saturated carbocycles. The van der Waals surface area contributed by atoms with Crippen LogP contribution in [0.1, 0.15) is 11.4 Å². The van der Waals surface area contributed by atoms with Gasteiger partial charge in [-0.3, -0.25) is 14.2 Å². The predicted molar refractivity (Wildman–Crippen MR) is 127 cm³/mol. The number of allylic oxidation sites excluding steroid dienone is 4. The fourth-order valence-electron chi connectivity index (χ4n) is 3.43. The van der Waals surface area contributed by atoms with Crippen molar-refractivity contribution >= 4 is 17.3 Å². The highest BCUT2D eigenvalue weighted by Crippen LogP contribution is 2.23. The first-order valence-electron chi connectivity index (χ1n) is 10.6. The molecule has 0 aliphatic heterocycles. The van der Waals surface area contributed by atoms with Crippen LogP contribution in [0.3, 0.4) is 0 Å². The van der Waals surface area contributed by atoms with E-state index in [-0.39, 0.29) is 40.0 Å². The molecule has 0 radical (unpaired) electrons. The third-order valence-electron chi connectivity index (χ3n) is 5.19. The van der Waals surface area contributed by atoms with Crippen LogP contribution >= 0.6 is 11.6 Å². The second-order valence-corrected chi connectivity index (χ2v) is 8.24. The van der Waals surface area contributed by atoms with Crippen molar-refractivity contribution in [2.45, 2.75) is 13.1 Å². The molecular formula is C22H19ClF3N9O2. The number of aryl methyl sites for hydroxylation is 1. The first-order valence-corrected chi connectivity index (χ1v) is 11.0. The van der Waals surface area contributed by atoms with Gasteiger partial charge in [0.25, 0.3) is 0 Å². The second kappa shape index (κ2) is 10.3.